The van der Waals surface area contributed by atoms with E-state index in [0.717, 1.165) is 0 Å². The smallest absolute Gasteiger partial charge is 0.236 e. The maximum absolute atomic E-state index is 12.2. The van der Waals surface area contributed by atoms with Crippen LogP contribution < -0.4 is 0 Å². The van der Waals surface area contributed by atoms with Crippen LogP contribution in [0.1, 0.15) is 34.1 Å². The Kier molecular flexibility index (Phi) is 6.30. The average molecular weight is 333 g/mol. The van der Waals surface area contributed by atoms with Crippen LogP contribution in [-0.2, 0) is 9.59 Å². The number of halogens is 1. The van der Waals surface area contributed by atoms with Crippen molar-refractivity contribution in [2.24, 2.45) is 11.8 Å². The molecule has 0 aromatic carbocycles. The van der Waals surface area contributed by atoms with Gasteiger partial charge in [-0.1, -0.05) is 43.6 Å². The number of hydrogen-bond donors (Lipinski definition) is 0. The van der Waals surface area contributed by atoms with E-state index in [1.807, 2.05) is 23.6 Å². The minimum atomic E-state index is -0.120. The monoisotopic (exact) mass is 332 g/mol. The topological polar surface area (TPSA) is 40.6 Å². The largest absolute Gasteiger partial charge is 0.339 e. The third-order valence-corrected chi connectivity index (χ3v) is 4.80. The molecule has 1 unspecified atom stereocenters. The molecule has 1 saturated heterocycles. The van der Waals surface area contributed by atoms with E-state index >= 15 is 0 Å². The number of rotatable bonds is 4. The predicted molar refractivity (Wildman–Crippen MR) is 80.2 cm³/mol. The van der Waals surface area contributed by atoms with Crippen molar-refractivity contribution in [2.45, 2.75) is 38.9 Å². The SMILES string of the molecule is CC(C)CC(=O)N1CCN(C(=O)C(Br)C(C)C)CC1. The molecule has 0 N–H and O–H groups in total. The van der Waals surface area contributed by atoms with Gasteiger partial charge in [-0.15, -0.1) is 0 Å². The highest BCUT2D eigenvalue weighted by atomic mass is 79.9. The molecule has 1 rings (SSSR count). The van der Waals surface area contributed by atoms with Crippen LogP contribution in [0.3, 0.4) is 0 Å². The van der Waals surface area contributed by atoms with Crippen molar-refractivity contribution in [2.75, 3.05) is 26.2 Å². The molecular formula is C14H25BrN2O2. The lowest BCUT2D eigenvalue weighted by Gasteiger charge is -2.36. The molecular weight excluding hydrogens is 308 g/mol. The van der Waals surface area contributed by atoms with Crippen molar-refractivity contribution < 1.29 is 9.59 Å². The van der Waals surface area contributed by atoms with E-state index in [1.54, 1.807) is 0 Å². The second-order valence-electron chi connectivity index (χ2n) is 5.95. The van der Waals surface area contributed by atoms with Crippen molar-refractivity contribution in [1.82, 2.24) is 9.80 Å². The zero-order chi connectivity index (χ0) is 14.6. The normalized spacial score (nSPS) is 18.1. The molecule has 2 amide bonds. The van der Waals surface area contributed by atoms with Crippen LogP contribution >= 0.6 is 15.9 Å². The zero-order valence-corrected chi connectivity index (χ0v) is 13.9. The van der Waals surface area contributed by atoms with Gasteiger partial charge in [0.15, 0.2) is 0 Å². The maximum atomic E-state index is 12.2. The van der Waals surface area contributed by atoms with E-state index in [2.05, 4.69) is 29.8 Å². The van der Waals surface area contributed by atoms with Crippen molar-refractivity contribution in [3.63, 3.8) is 0 Å². The maximum Gasteiger partial charge on any atom is 0.236 e. The first-order valence-electron chi connectivity index (χ1n) is 7.03. The van der Waals surface area contributed by atoms with Crippen molar-refractivity contribution in [3.05, 3.63) is 0 Å². The van der Waals surface area contributed by atoms with Crippen molar-refractivity contribution in [1.29, 1.82) is 0 Å². The van der Waals surface area contributed by atoms with Gasteiger partial charge in [-0.3, -0.25) is 9.59 Å². The summed E-state index contributed by atoms with van der Waals surface area (Å²) in [7, 11) is 0. The fraction of sp³-hybridized carbons (Fsp3) is 0.857. The predicted octanol–water partition coefficient (Wildman–Crippen LogP) is 2.12. The van der Waals surface area contributed by atoms with E-state index in [9.17, 15) is 9.59 Å². The summed E-state index contributed by atoms with van der Waals surface area (Å²) in [6.07, 6.45) is 0.598. The fourth-order valence-electron chi connectivity index (χ4n) is 2.11. The lowest BCUT2D eigenvalue weighted by molar-refractivity contribution is -0.140. The molecule has 4 nitrogen and oxygen atoms in total. The summed E-state index contributed by atoms with van der Waals surface area (Å²) in [4.78, 5) is 27.7. The Hall–Kier alpha value is -0.580. The van der Waals surface area contributed by atoms with Gasteiger partial charge in [-0.05, 0) is 11.8 Å². The number of hydrogen-bond acceptors (Lipinski definition) is 2. The Labute approximate surface area is 124 Å². The van der Waals surface area contributed by atoms with Gasteiger partial charge in [-0.2, -0.15) is 0 Å². The fourth-order valence-corrected chi connectivity index (χ4v) is 2.40. The molecule has 0 aromatic heterocycles. The van der Waals surface area contributed by atoms with Gasteiger partial charge in [0.2, 0.25) is 11.8 Å². The second kappa shape index (κ2) is 7.27. The summed E-state index contributed by atoms with van der Waals surface area (Å²) >= 11 is 3.45. The summed E-state index contributed by atoms with van der Waals surface area (Å²) in [5.74, 6) is 1.03. The summed E-state index contributed by atoms with van der Waals surface area (Å²) in [5.41, 5.74) is 0. The zero-order valence-electron chi connectivity index (χ0n) is 12.4. The number of carbonyl (C=O) groups is 2. The van der Waals surface area contributed by atoms with Crippen LogP contribution in [0, 0.1) is 11.8 Å². The summed E-state index contributed by atoms with van der Waals surface area (Å²) in [6.45, 7) is 10.8. The van der Waals surface area contributed by atoms with Crippen molar-refractivity contribution >= 4 is 27.7 Å². The molecule has 0 bridgehead atoms. The van der Waals surface area contributed by atoms with Crippen LogP contribution in [0.15, 0.2) is 0 Å². The Bertz CT molecular complexity index is 323. The number of amides is 2. The van der Waals surface area contributed by atoms with Gasteiger partial charge in [0, 0.05) is 32.6 Å². The lowest BCUT2D eigenvalue weighted by atomic mass is 10.1. The molecule has 110 valence electrons. The summed E-state index contributed by atoms with van der Waals surface area (Å²) in [5, 5.41) is 0. The van der Waals surface area contributed by atoms with E-state index in [0.29, 0.717) is 38.5 Å². The molecule has 1 heterocycles. The van der Waals surface area contributed by atoms with Crippen molar-refractivity contribution in [3.8, 4) is 0 Å². The molecule has 1 aliphatic heterocycles. The Balaban J connectivity index is 2.45. The van der Waals surface area contributed by atoms with E-state index in [-0.39, 0.29) is 22.6 Å². The third kappa shape index (κ3) is 4.79. The van der Waals surface area contributed by atoms with Gasteiger partial charge in [0.1, 0.15) is 0 Å². The highest BCUT2D eigenvalue weighted by Gasteiger charge is 2.28. The third-order valence-electron chi connectivity index (χ3n) is 3.35. The van der Waals surface area contributed by atoms with E-state index in [1.165, 1.54) is 0 Å². The number of nitrogens with zero attached hydrogens (tertiary/aromatic N) is 2. The molecule has 0 aliphatic carbocycles. The summed E-state index contributed by atoms with van der Waals surface area (Å²) < 4.78 is 0. The Morgan fingerprint density at radius 1 is 1.00 bits per heavy atom. The average Bonchev–Trinajstić information content (AvgIpc) is 2.36. The second-order valence-corrected chi connectivity index (χ2v) is 6.94. The van der Waals surface area contributed by atoms with Gasteiger partial charge in [0.05, 0.1) is 4.83 Å². The molecule has 0 aromatic rings. The van der Waals surface area contributed by atoms with Crippen LogP contribution in [0.2, 0.25) is 0 Å². The molecule has 1 fully saturated rings. The number of piperazine rings is 1. The Morgan fingerprint density at radius 3 is 1.89 bits per heavy atom. The molecule has 0 radical (unpaired) electrons. The molecule has 19 heavy (non-hydrogen) atoms. The minimum Gasteiger partial charge on any atom is -0.339 e. The first kappa shape index (κ1) is 16.5. The number of carbonyl (C=O) groups excluding carboxylic acids is 2. The van der Waals surface area contributed by atoms with Crippen LogP contribution in [0.5, 0.6) is 0 Å². The van der Waals surface area contributed by atoms with Gasteiger partial charge < -0.3 is 9.80 Å². The van der Waals surface area contributed by atoms with Gasteiger partial charge >= 0.3 is 0 Å². The minimum absolute atomic E-state index is 0.120. The molecule has 1 aliphatic rings. The van der Waals surface area contributed by atoms with Crippen LogP contribution in [0.4, 0.5) is 0 Å². The van der Waals surface area contributed by atoms with E-state index < -0.39 is 0 Å². The van der Waals surface area contributed by atoms with Gasteiger partial charge in [-0.25, -0.2) is 0 Å². The molecule has 0 saturated carbocycles. The molecule has 0 spiro atoms. The van der Waals surface area contributed by atoms with Crippen LogP contribution in [0.25, 0.3) is 0 Å². The van der Waals surface area contributed by atoms with E-state index in [4.69, 9.17) is 0 Å². The van der Waals surface area contributed by atoms with Crippen LogP contribution in [-0.4, -0.2) is 52.6 Å². The molecule has 5 heteroatoms. The highest BCUT2D eigenvalue weighted by Crippen LogP contribution is 2.17. The number of alkyl halides is 1. The Morgan fingerprint density at radius 2 is 1.47 bits per heavy atom. The highest BCUT2D eigenvalue weighted by molar-refractivity contribution is 9.10. The first-order valence-corrected chi connectivity index (χ1v) is 7.95. The van der Waals surface area contributed by atoms with Gasteiger partial charge in [0.25, 0.3) is 0 Å². The summed E-state index contributed by atoms with van der Waals surface area (Å²) in [6, 6.07) is 0. The molecule has 1 atom stereocenters. The quantitative estimate of drug-likeness (QED) is 0.740. The lowest BCUT2D eigenvalue weighted by Crippen LogP contribution is -2.52. The first-order chi connectivity index (χ1) is 8.82. The standard InChI is InChI=1S/C14H25BrN2O2/c1-10(2)9-12(18)16-5-7-17(8-6-16)14(19)13(15)11(3)4/h10-11,13H,5-9H2,1-4H3.